The predicted octanol–water partition coefficient (Wildman–Crippen LogP) is 0.632. The number of aliphatic hydroxyl groups is 2. The summed E-state index contributed by atoms with van der Waals surface area (Å²) in [4.78, 5) is 3.76. The normalized spacial score (nSPS) is 12.2. The largest absolute Gasteiger partial charge is 0.393 e. The molecular weight excluding hydrogens is 192 g/mol. The van der Waals surface area contributed by atoms with Crippen LogP contribution in [-0.2, 0) is 0 Å². The summed E-state index contributed by atoms with van der Waals surface area (Å²) >= 11 is 5.70. The Morgan fingerprint density at radius 3 is 2.85 bits per heavy atom. The molecule has 0 aliphatic carbocycles. The van der Waals surface area contributed by atoms with Crippen molar-refractivity contribution >= 4 is 11.6 Å². The van der Waals surface area contributed by atoms with Gasteiger partial charge in [0.2, 0.25) is 0 Å². The Hall–Kier alpha value is -1.15. The van der Waals surface area contributed by atoms with E-state index in [1.165, 1.54) is 12.3 Å². The molecule has 1 aromatic heterocycles. The highest BCUT2D eigenvalue weighted by atomic mass is 35.5. The maximum atomic E-state index is 9.19. The summed E-state index contributed by atoms with van der Waals surface area (Å²) in [5.41, 5.74) is 0.502. The number of aromatic nitrogens is 1. The highest BCUT2D eigenvalue weighted by Crippen LogP contribution is 2.20. The van der Waals surface area contributed by atoms with Crippen molar-refractivity contribution in [2.75, 3.05) is 6.61 Å². The Kier molecular flexibility index (Phi) is 3.20. The minimum Gasteiger partial charge on any atom is -0.393 e. The molecule has 0 aliphatic rings. The van der Waals surface area contributed by atoms with E-state index in [2.05, 4.69) is 4.98 Å². The number of nitrogens with zero attached hydrogens (tertiary/aromatic N) is 2. The van der Waals surface area contributed by atoms with Crippen LogP contribution in [0.2, 0.25) is 5.02 Å². The van der Waals surface area contributed by atoms with Crippen molar-refractivity contribution in [1.82, 2.24) is 4.98 Å². The van der Waals surface area contributed by atoms with E-state index >= 15 is 0 Å². The number of hydrogen-bond donors (Lipinski definition) is 2. The van der Waals surface area contributed by atoms with Crippen molar-refractivity contribution in [3.05, 3.63) is 28.5 Å². The van der Waals surface area contributed by atoms with Gasteiger partial charge in [-0.15, -0.1) is 0 Å². The van der Waals surface area contributed by atoms with Crippen LogP contribution >= 0.6 is 11.6 Å². The molecule has 0 fully saturated rings. The molecule has 1 rings (SSSR count). The molecule has 0 aromatic carbocycles. The van der Waals surface area contributed by atoms with Crippen LogP contribution in [0, 0.1) is 11.3 Å². The molecule has 0 spiro atoms. The van der Waals surface area contributed by atoms with Crippen LogP contribution in [0.1, 0.15) is 17.4 Å². The van der Waals surface area contributed by atoms with Crippen molar-refractivity contribution < 1.29 is 10.2 Å². The van der Waals surface area contributed by atoms with Crippen molar-refractivity contribution in [2.45, 2.75) is 6.10 Å². The lowest BCUT2D eigenvalue weighted by Gasteiger charge is -2.07. The third kappa shape index (κ3) is 2.16. The van der Waals surface area contributed by atoms with Gasteiger partial charge in [-0.3, -0.25) is 4.98 Å². The maximum Gasteiger partial charge on any atom is 0.120 e. The summed E-state index contributed by atoms with van der Waals surface area (Å²) in [5.74, 6) is 0. The molecule has 0 radical (unpaired) electrons. The van der Waals surface area contributed by atoms with E-state index in [-0.39, 0.29) is 10.7 Å². The Morgan fingerprint density at radius 1 is 1.69 bits per heavy atom. The zero-order chi connectivity index (χ0) is 9.84. The van der Waals surface area contributed by atoms with Gasteiger partial charge in [0.05, 0.1) is 22.9 Å². The van der Waals surface area contributed by atoms with Gasteiger partial charge in [-0.2, -0.15) is 5.26 Å². The van der Waals surface area contributed by atoms with Crippen LogP contribution in [0.3, 0.4) is 0 Å². The number of hydrogen-bond acceptors (Lipinski definition) is 4. The lowest BCUT2D eigenvalue weighted by molar-refractivity contribution is 0.0923. The molecule has 1 atom stereocenters. The van der Waals surface area contributed by atoms with Crippen LogP contribution in [0.4, 0.5) is 0 Å². The minimum absolute atomic E-state index is 0.181. The van der Waals surface area contributed by atoms with Gasteiger partial charge < -0.3 is 10.2 Å². The smallest absolute Gasteiger partial charge is 0.120 e. The highest BCUT2D eigenvalue weighted by molar-refractivity contribution is 6.31. The fourth-order valence-corrected chi connectivity index (χ4v) is 1.13. The summed E-state index contributed by atoms with van der Waals surface area (Å²) in [6, 6.07) is 3.25. The third-order valence-corrected chi connectivity index (χ3v) is 1.79. The summed E-state index contributed by atoms with van der Waals surface area (Å²) < 4.78 is 0. The first-order valence-electron chi connectivity index (χ1n) is 3.53. The molecule has 0 aliphatic heterocycles. The van der Waals surface area contributed by atoms with E-state index in [0.717, 1.165) is 0 Å². The molecule has 2 N–H and O–H groups in total. The van der Waals surface area contributed by atoms with Gasteiger partial charge in [0.15, 0.2) is 0 Å². The summed E-state index contributed by atoms with van der Waals surface area (Å²) in [7, 11) is 0. The van der Waals surface area contributed by atoms with Gasteiger partial charge in [0, 0.05) is 6.20 Å². The van der Waals surface area contributed by atoms with Gasteiger partial charge in [-0.05, 0) is 6.07 Å². The van der Waals surface area contributed by atoms with Gasteiger partial charge >= 0.3 is 0 Å². The number of halogens is 1. The van der Waals surface area contributed by atoms with Gasteiger partial charge in [0.25, 0.3) is 0 Å². The molecule has 1 unspecified atom stereocenters. The standard InChI is InChI=1S/C8H7ClN2O2/c9-6-1-5(2-10)3-11-8(6)7(13)4-12/h1,3,7,12-13H,4H2. The molecule has 68 valence electrons. The summed E-state index contributed by atoms with van der Waals surface area (Å²) in [6.07, 6.45) is 0.195. The second-order valence-electron chi connectivity index (χ2n) is 2.40. The predicted molar refractivity (Wildman–Crippen MR) is 46.0 cm³/mol. The monoisotopic (exact) mass is 198 g/mol. The summed E-state index contributed by atoms with van der Waals surface area (Å²) in [6.45, 7) is -0.446. The fourth-order valence-electron chi connectivity index (χ4n) is 0.841. The minimum atomic E-state index is -1.10. The topological polar surface area (TPSA) is 77.1 Å². The average molecular weight is 199 g/mol. The van der Waals surface area contributed by atoms with Crippen LogP contribution in [0.5, 0.6) is 0 Å². The lowest BCUT2D eigenvalue weighted by Crippen LogP contribution is -2.05. The molecule has 4 nitrogen and oxygen atoms in total. The third-order valence-electron chi connectivity index (χ3n) is 1.49. The van der Waals surface area contributed by atoms with E-state index in [1.54, 1.807) is 0 Å². The zero-order valence-electron chi connectivity index (χ0n) is 6.61. The molecule has 1 heterocycles. The van der Waals surface area contributed by atoms with Crippen molar-refractivity contribution in [3.8, 4) is 6.07 Å². The average Bonchev–Trinajstić information content (AvgIpc) is 2.16. The Labute approximate surface area is 80.0 Å². The molecule has 0 amide bonds. The number of aliphatic hydroxyl groups excluding tert-OH is 2. The van der Waals surface area contributed by atoms with Crippen LogP contribution in [-0.4, -0.2) is 21.8 Å². The lowest BCUT2D eigenvalue weighted by atomic mass is 10.2. The van der Waals surface area contributed by atoms with E-state index in [9.17, 15) is 5.11 Å². The van der Waals surface area contributed by atoms with Crippen LogP contribution < -0.4 is 0 Å². The highest BCUT2D eigenvalue weighted by Gasteiger charge is 2.12. The Bertz CT molecular complexity index is 348. The van der Waals surface area contributed by atoms with Crippen LogP contribution in [0.25, 0.3) is 0 Å². The summed E-state index contributed by atoms with van der Waals surface area (Å²) in [5, 5.41) is 26.5. The van der Waals surface area contributed by atoms with Crippen LogP contribution in [0.15, 0.2) is 12.3 Å². The number of nitriles is 1. The van der Waals surface area contributed by atoms with Crippen molar-refractivity contribution in [1.29, 1.82) is 5.26 Å². The fraction of sp³-hybridized carbons (Fsp3) is 0.250. The first-order chi connectivity index (χ1) is 6.19. The first kappa shape index (κ1) is 9.93. The molecule has 13 heavy (non-hydrogen) atoms. The van der Waals surface area contributed by atoms with Crippen molar-refractivity contribution in [3.63, 3.8) is 0 Å². The van der Waals surface area contributed by atoms with E-state index in [4.69, 9.17) is 22.0 Å². The number of pyridine rings is 1. The molecule has 0 saturated heterocycles. The van der Waals surface area contributed by atoms with Gasteiger partial charge in [-0.1, -0.05) is 11.6 Å². The quantitative estimate of drug-likeness (QED) is 0.731. The molecule has 1 aromatic rings. The zero-order valence-corrected chi connectivity index (χ0v) is 7.36. The molecule has 0 saturated carbocycles. The number of rotatable bonds is 2. The molecule has 0 bridgehead atoms. The molecule has 5 heteroatoms. The van der Waals surface area contributed by atoms with E-state index in [1.807, 2.05) is 6.07 Å². The first-order valence-corrected chi connectivity index (χ1v) is 3.91. The second-order valence-corrected chi connectivity index (χ2v) is 2.81. The Balaban J connectivity index is 3.07. The van der Waals surface area contributed by atoms with E-state index < -0.39 is 12.7 Å². The maximum absolute atomic E-state index is 9.19. The van der Waals surface area contributed by atoms with Gasteiger partial charge in [-0.25, -0.2) is 0 Å². The van der Waals surface area contributed by atoms with E-state index in [0.29, 0.717) is 5.56 Å². The molecular formula is C8H7ClN2O2. The van der Waals surface area contributed by atoms with Crippen molar-refractivity contribution in [2.24, 2.45) is 0 Å². The SMILES string of the molecule is N#Cc1cnc(C(O)CO)c(Cl)c1. The van der Waals surface area contributed by atoms with Gasteiger partial charge in [0.1, 0.15) is 12.2 Å². The Morgan fingerprint density at radius 2 is 2.38 bits per heavy atom. The second kappa shape index (κ2) is 4.19.